The van der Waals surface area contributed by atoms with E-state index in [1.807, 2.05) is 0 Å². The van der Waals surface area contributed by atoms with Gasteiger partial charge in [0.15, 0.2) is 0 Å². The molecule has 1 aliphatic heterocycles. The molecule has 0 aliphatic carbocycles. The molecule has 1 aliphatic rings. The Morgan fingerprint density at radius 3 is 2.50 bits per heavy atom. The summed E-state index contributed by atoms with van der Waals surface area (Å²) < 4.78 is 31.5. The molecular formula is C10H20ClNO3S. The summed E-state index contributed by atoms with van der Waals surface area (Å²) >= 11 is 5.54. The molecule has 1 heterocycles. The van der Waals surface area contributed by atoms with Crippen molar-refractivity contribution < 1.29 is 13.2 Å². The molecule has 0 bridgehead atoms. The van der Waals surface area contributed by atoms with E-state index < -0.39 is 10.0 Å². The van der Waals surface area contributed by atoms with Gasteiger partial charge in [-0.1, -0.05) is 6.42 Å². The normalized spacial score (nSPS) is 18.8. The highest BCUT2D eigenvalue weighted by atomic mass is 35.5. The minimum absolute atomic E-state index is 0.269. The first-order valence-electron chi connectivity index (χ1n) is 5.79. The second-order valence-electron chi connectivity index (χ2n) is 4.00. The van der Waals surface area contributed by atoms with Gasteiger partial charge >= 0.3 is 0 Å². The summed E-state index contributed by atoms with van der Waals surface area (Å²) in [5.41, 5.74) is 0. The van der Waals surface area contributed by atoms with Crippen molar-refractivity contribution in [2.24, 2.45) is 0 Å². The molecule has 0 aromatic heterocycles. The number of hydrogen-bond acceptors (Lipinski definition) is 3. The number of unbranched alkanes of at least 4 members (excludes halogenated alkanes) is 2. The lowest BCUT2D eigenvalue weighted by Crippen LogP contribution is -2.38. The van der Waals surface area contributed by atoms with Crippen molar-refractivity contribution in [3.05, 3.63) is 0 Å². The Kier molecular flexibility index (Phi) is 6.65. The molecule has 0 radical (unpaired) electrons. The fourth-order valence-corrected chi connectivity index (χ4v) is 3.38. The Balaban J connectivity index is 2.22. The van der Waals surface area contributed by atoms with E-state index in [0.717, 1.165) is 19.3 Å². The molecular weight excluding hydrogens is 250 g/mol. The van der Waals surface area contributed by atoms with Gasteiger partial charge in [-0.2, -0.15) is 0 Å². The van der Waals surface area contributed by atoms with Crippen LogP contribution in [0.2, 0.25) is 0 Å². The number of ether oxygens (including phenoxy) is 1. The molecule has 0 atom stereocenters. The lowest BCUT2D eigenvalue weighted by Gasteiger charge is -2.22. The average Bonchev–Trinajstić information content (AvgIpc) is 2.30. The second kappa shape index (κ2) is 7.48. The van der Waals surface area contributed by atoms with Crippen LogP contribution in [-0.2, 0) is 14.8 Å². The number of halogens is 1. The zero-order chi connectivity index (χ0) is 11.9. The van der Waals surface area contributed by atoms with Crippen LogP contribution in [0.15, 0.2) is 0 Å². The van der Waals surface area contributed by atoms with Crippen LogP contribution in [0.4, 0.5) is 0 Å². The van der Waals surface area contributed by atoms with E-state index in [1.54, 1.807) is 0 Å². The van der Waals surface area contributed by atoms with Crippen LogP contribution >= 0.6 is 11.6 Å². The zero-order valence-electron chi connectivity index (χ0n) is 9.45. The molecule has 1 saturated heterocycles. The SMILES string of the molecule is O=S(=O)(NCCCCCCl)C1CCOCC1. The van der Waals surface area contributed by atoms with Gasteiger partial charge in [-0.25, -0.2) is 13.1 Å². The molecule has 0 spiro atoms. The highest BCUT2D eigenvalue weighted by Crippen LogP contribution is 2.14. The van der Waals surface area contributed by atoms with Crippen molar-refractivity contribution in [3.8, 4) is 0 Å². The predicted molar refractivity (Wildman–Crippen MR) is 65.3 cm³/mol. The predicted octanol–water partition coefficient (Wildman–Crippen LogP) is 1.49. The molecule has 1 rings (SSSR count). The molecule has 0 saturated carbocycles. The molecule has 0 aromatic rings. The topological polar surface area (TPSA) is 55.4 Å². The Labute approximate surface area is 103 Å². The first-order valence-corrected chi connectivity index (χ1v) is 7.87. The van der Waals surface area contributed by atoms with Crippen LogP contribution in [0.1, 0.15) is 32.1 Å². The molecule has 1 N–H and O–H groups in total. The zero-order valence-corrected chi connectivity index (χ0v) is 11.0. The van der Waals surface area contributed by atoms with Gasteiger partial charge < -0.3 is 4.74 Å². The highest BCUT2D eigenvalue weighted by molar-refractivity contribution is 7.90. The highest BCUT2D eigenvalue weighted by Gasteiger charge is 2.26. The van der Waals surface area contributed by atoms with Gasteiger partial charge in [-0.05, 0) is 25.7 Å². The van der Waals surface area contributed by atoms with E-state index in [4.69, 9.17) is 16.3 Å². The van der Waals surface area contributed by atoms with E-state index >= 15 is 0 Å². The Bertz CT molecular complexity index is 276. The Morgan fingerprint density at radius 2 is 1.88 bits per heavy atom. The van der Waals surface area contributed by atoms with E-state index in [0.29, 0.717) is 38.5 Å². The molecule has 0 amide bonds. The number of nitrogens with one attached hydrogen (secondary N) is 1. The molecule has 1 fully saturated rings. The van der Waals surface area contributed by atoms with Crippen LogP contribution < -0.4 is 4.72 Å². The lowest BCUT2D eigenvalue weighted by molar-refractivity contribution is 0.0981. The second-order valence-corrected chi connectivity index (χ2v) is 6.42. The number of alkyl halides is 1. The van der Waals surface area contributed by atoms with Gasteiger partial charge in [0.2, 0.25) is 10.0 Å². The van der Waals surface area contributed by atoms with Gasteiger partial charge in [0.25, 0.3) is 0 Å². The fraction of sp³-hybridized carbons (Fsp3) is 1.00. The molecule has 0 aromatic carbocycles. The molecule has 16 heavy (non-hydrogen) atoms. The quantitative estimate of drug-likeness (QED) is 0.563. The van der Waals surface area contributed by atoms with Crippen LogP contribution in [0.3, 0.4) is 0 Å². The largest absolute Gasteiger partial charge is 0.381 e. The molecule has 0 unspecified atom stereocenters. The first-order chi connectivity index (χ1) is 7.67. The Hall–Kier alpha value is 0.160. The van der Waals surface area contributed by atoms with E-state index in [2.05, 4.69) is 4.72 Å². The van der Waals surface area contributed by atoms with Gasteiger partial charge in [0.1, 0.15) is 0 Å². The smallest absolute Gasteiger partial charge is 0.214 e. The van der Waals surface area contributed by atoms with E-state index in [1.165, 1.54) is 0 Å². The minimum atomic E-state index is -3.13. The Morgan fingerprint density at radius 1 is 1.19 bits per heavy atom. The summed E-state index contributed by atoms with van der Waals surface area (Å²) in [4.78, 5) is 0. The average molecular weight is 270 g/mol. The van der Waals surface area contributed by atoms with Crippen molar-refractivity contribution in [1.29, 1.82) is 0 Å². The van der Waals surface area contributed by atoms with E-state index in [-0.39, 0.29) is 5.25 Å². The summed E-state index contributed by atoms with van der Waals surface area (Å²) in [5.74, 6) is 0.646. The maximum atomic E-state index is 11.8. The summed E-state index contributed by atoms with van der Waals surface area (Å²) in [6.07, 6.45) is 3.99. The van der Waals surface area contributed by atoms with Gasteiger partial charge in [0, 0.05) is 25.6 Å². The van der Waals surface area contributed by atoms with Crippen LogP contribution in [0.5, 0.6) is 0 Å². The fourth-order valence-electron chi connectivity index (χ4n) is 1.71. The monoisotopic (exact) mass is 269 g/mol. The maximum Gasteiger partial charge on any atom is 0.214 e. The summed E-state index contributed by atoms with van der Waals surface area (Å²) in [5, 5.41) is -0.269. The van der Waals surface area contributed by atoms with Crippen LogP contribution in [0.25, 0.3) is 0 Å². The van der Waals surface area contributed by atoms with Gasteiger partial charge in [-0.3, -0.25) is 0 Å². The third kappa shape index (κ3) is 4.99. The van der Waals surface area contributed by atoms with Crippen molar-refractivity contribution in [2.45, 2.75) is 37.4 Å². The maximum absolute atomic E-state index is 11.8. The molecule has 96 valence electrons. The van der Waals surface area contributed by atoms with Gasteiger partial charge in [-0.15, -0.1) is 11.6 Å². The minimum Gasteiger partial charge on any atom is -0.381 e. The standard InChI is InChI=1S/C10H20ClNO3S/c11-6-2-1-3-7-12-16(13,14)10-4-8-15-9-5-10/h10,12H,1-9H2. The third-order valence-corrected chi connectivity index (χ3v) is 4.94. The summed E-state index contributed by atoms with van der Waals surface area (Å²) in [6, 6.07) is 0. The van der Waals surface area contributed by atoms with Crippen molar-refractivity contribution >= 4 is 21.6 Å². The molecule has 6 heteroatoms. The lowest BCUT2D eigenvalue weighted by atomic mass is 10.2. The molecule has 4 nitrogen and oxygen atoms in total. The van der Waals surface area contributed by atoms with Crippen molar-refractivity contribution in [2.75, 3.05) is 25.6 Å². The van der Waals surface area contributed by atoms with Gasteiger partial charge in [0.05, 0.1) is 5.25 Å². The summed E-state index contributed by atoms with van der Waals surface area (Å²) in [6.45, 7) is 1.63. The third-order valence-electron chi connectivity index (χ3n) is 2.72. The number of sulfonamides is 1. The van der Waals surface area contributed by atoms with Crippen LogP contribution in [-0.4, -0.2) is 39.3 Å². The van der Waals surface area contributed by atoms with Crippen LogP contribution in [0, 0.1) is 0 Å². The number of rotatable bonds is 7. The summed E-state index contributed by atoms with van der Waals surface area (Å²) in [7, 11) is -3.13. The number of hydrogen-bond donors (Lipinski definition) is 1. The first kappa shape index (κ1) is 14.2. The van der Waals surface area contributed by atoms with E-state index in [9.17, 15) is 8.42 Å². The van der Waals surface area contributed by atoms with Crippen molar-refractivity contribution in [1.82, 2.24) is 4.72 Å². The van der Waals surface area contributed by atoms with Crippen molar-refractivity contribution in [3.63, 3.8) is 0 Å².